The Hall–Kier alpha value is -0.640. The minimum atomic E-state index is 0.799. The number of hydrogen-bond donors (Lipinski definition) is 0. The SMILES string of the molecule is CC#COCCCCCCCC. The Morgan fingerprint density at radius 2 is 1.67 bits per heavy atom. The van der Waals surface area contributed by atoms with Crippen LogP contribution in [0.2, 0.25) is 0 Å². The molecule has 0 atom stereocenters. The van der Waals surface area contributed by atoms with Gasteiger partial charge in [-0.15, -0.1) is 0 Å². The number of ether oxygens (including phenoxy) is 1. The van der Waals surface area contributed by atoms with Crippen molar-refractivity contribution in [2.75, 3.05) is 6.61 Å². The highest BCUT2D eigenvalue weighted by atomic mass is 16.5. The monoisotopic (exact) mass is 168 g/mol. The number of rotatable bonds is 7. The zero-order chi connectivity index (χ0) is 9.07. The van der Waals surface area contributed by atoms with Crippen molar-refractivity contribution in [2.24, 2.45) is 0 Å². The van der Waals surface area contributed by atoms with Gasteiger partial charge < -0.3 is 4.74 Å². The van der Waals surface area contributed by atoms with Crippen LogP contribution in [-0.4, -0.2) is 6.61 Å². The molecule has 0 aliphatic heterocycles. The first-order valence-corrected chi connectivity index (χ1v) is 4.95. The highest BCUT2D eigenvalue weighted by Crippen LogP contribution is 2.04. The molecule has 1 heteroatoms. The maximum atomic E-state index is 5.03. The van der Waals surface area contributed by atoms with Gasteiger partial charge in [-0.3, -0.25) is 0 Å². The van der Waals surface area contributed by atoms with E-state index in [1.54, 1.807) is 6.92 Å². The Balaban J connectivity index is 2.84. The van der Waals surface area contributed by atoms with E-state index in [4.69, 9.17) is 4.74 Å². The molecule has 0 bridgehead atoms. The van der Waals surface area contributed by atoms with Gasteiger partial charge in [-0.25, -0.2) is 0 Å². The molecule has 70 valence electrons. The molecule has 0 rings (SSSR count). The summed E-state index contributed by atoms with van der Waals surface area (Å²) in [6, 6.07) is 0. The molecule has 0 unspecified atom stereocenters. The molecule has 0 heterocycles. The van der Waals surface area contributed by atoms with Crippen LogP contribution in [0, 0.1) is 12.0 Å². The van der Waals surface area contributed by atoms with Gasteiger partial charge in [-0.2, -0.15) is 0 Å². The molecule has 0 saturated carbocycles. The van der Waals surface area contributed by atoms with Crippen LogP contribution in [0.3, 0.4) is 0 Å². The van der Waals surface area contributed by atoms with Gasteiger partial charge in [0.1, 0.15) is 12.7 Å². The average Bonchev–Trinajstić information content (AvgIpc) is 2.10. The van der Waals surface area contributed by atoms with Crippen molar-refractivity contribution in [3.8, 4) is 12.0 Å². The maximum Gasteiger partial charge on any atom is 0.109 e. The second-order valence-electron chi connectivity index (χ2n) is 2.97. The largest absolute Gasteiger partial charge is 0.447 e. The lowest BCUT2D eigenvalue weighted by Gasteiger charge is -1.98. The highest BCUT2D eigenvalue weighted by Gasteiger charge is 1.88. The predicted molar refractivity (Wildman–Crippen MR) is 52.8 cm³/mol. The van der Waals surface area contributed by atoms with Gasteiger partial charge in [0.05, 0.1) is 0 Å². The average molecular weight is 168 g/mol. The third-order valence-corrected chi connectivity index (χ3v) is 1.77. The summed E-state index contributed by atoms with van der Waals surface area (Å²) in [5.41, 5.74) is 0. The summed E-state index contributed by atoms with van der Waals surface area (Å²) >= 11 is 0. The first kappa shape index (κ1) is 11.4. The minimum absolute atomic E-state index is 0.799. The van der Waals surface area contributed by atoms with Gasteiger partial charge in [0, 0.05) is 6.92 Å². The molecule has 0 aromatic carbocycles. The summed E-state index contributed by atoms with van der Waals surface area (Å²) in [6.07, 6.45) is 10.4. The Morgan fingerprint density at radius 3 is 2.33 bits per heavy atom. The third kappa shape index (κ3) is 9.36. The van der Waals surface area contributed by atoms with Gasteiger partial charge in [0.15, 0.2) is 0 Å². The molecular formula is C11H20O. The van der Waals surface area contributed by atoms with E-state index < -0.39 is 0 Å². The van der Waals surface area contributed by atoms with Crippen LogP contribution >= 0.6 is 0 Å². The first-order valence-electron chi connectivity index (χ1n) is 4.95. The van der Waals surface area contributed by atoms with Crippen molar-refractivity contribution in [1.82, 2.24) is 0 Å². The van der Waals surface area contributed by atoms with E-state index in [1.807, 2.05) is 0 Å². The second-order valence-corrected chi connectivity index (χ2v) is 2.97. The normalized spacial score (nSPS) is 8.83. The van der Waals surface area contributed by atoms with Crippen LogP contribution in [0.15, 0.2) is 0 Å². The molecule has 0 spiro atoms. The zero-order valence-electron chi connectivity index (χ0n) is 8.36. The Morgan fingerprint density at radius 1 is 1.00 bits per heavy atom. The Kier molecular flexibility index (Phi) is 9.81. The molecule has 0 fully saturated rings. The van der Waals surface area contributed by atoms with Gasteiger partial charge in [-0.1, -0.05) is 44.9 Å². The fourth-order valence-electron chi connectivity index (χ4n) is 1.08. The second kappa shape index (κ2) is 10.4. The van der Waals surface area contributed by atoms with Gasteiger partial charge in [0.2, 0.25) is 0 Å². The van der Waals surface area contributed by atoms with Crippen LogP contribution < -0.4 is 0 Å². The van der Waals surface area contributed by atoms with E-state index >= 15 is 0 Å². The summed E-state index contributed by atoms with van der Waals surface area (Å²) in [6.45, 7) is 4.83. The smallest absolute Gasteiger partial charge is 0.109 e. The van der Waals surface area contributed by atoms with Crippen molar-refractivity contribution in [3.05, 3.63) is 0 Å². The standard InChI is InChI=1S/C11H20O/c1-3-5-6-7-8-9-11-12-10-4-2/h3,5-9,11H2,1-2H3. The fourth-order valence-corrected chi connectivity index (χ4v) is 1.08. The van der Waals surface area contributed by atoms with Crippen molar-refractivity contribution >= 4 is 0 Å². The van der Waals surface area contributed by atoms with E-state index in [-0.39, 0.29) is 0 Å². The molecule has 0 saturated heterocycles. The summed E-state index contributed by atoms with van der Waals surface area (Å²) < 4.78 is 5.03. The molecule has 0 aromatic rings. The third-order valence-electron chi connectivity index (χ3n) is 1.77. The van der Waals surface area contributed by atoms with Crippen LogP contribution in [0.1, 0.15) is 52.4 Å². The molecule has 0 aliphatic carbocycles. The molecule has 0 amide bonds. The Labute approximate surface area is 76.5 Å². The lowest BCUT2D eigenvalue weighted by atomic mass is 10.1. The number of hydrogen-bond acceptors (Lipinski definition) is 1. The van der Waals surface area contributed by atoms with Gasteiger partial charge in [-0.05, 0) is 6.42 Å². The van der Waals surface area contributed by atoms with Crippen molar-refractivity contribution in [1.29, 1.82) is 0 Å². The van der Waals surface area contributed by atoms with Crippen molar-refractivity contribution in [3.63, 3.8) is 0 Å². The van der Waals surface area contributed by atoms with E-state index in [0.29, 0.717) is 0 Å². The van der Waals surface area contributed by atoms with Crippen molar-refractivity contribution in [2.45, 2.75) is 52.4 Å². The van der Waals surface area contributed by atoms with Crippen LogP contribution in [0.25, 0.3) is 0 Å². The topological polar surface area (TPSA) is 9.23 Å². The van der Waals surface area contributed by atoms with E-state index in [9.17, 15) is 0 Å². The van der Waals surface area contributed by atoms with E-state index in [1.165, 1.54) is 32.1 Å². The maximum absolute atomic E-state index is 5.03. The molecular weight excluding hydrogens is 148 g/mol. The molecule has 0 aliphatic rings. The molecule has 0 aromatic heterocycles. The van der Waals surface area contributed by atoms with Crippen LogP contribution in [0.5, 0.6) is 0 Å². The minimum Gasteiger partial charge on any atom is -0.447 e. The van der Waals surface area contributed by atoms with Gasteiger partial charge >= 0.3 is 0 Å². The van der Waals surface area contributed by atoms with Crippen LogP contribution in [0.4, 0.5) is 0 Å². The van der Waals surface area contributed by atoms with E-state index in [0.717, 1.165) is 13.0 Å². The quantitative estimate of drug-likeness (QED) is 0.418. The fraction of sp³-hybridized carbons (Fsp3) is 0.818. The highest BCUT2D eigenvalue weighted by molar-refractivity contribution is 4.84. The van der Waals surface area contributed by atoms with Gasteiger partial charge in [0.25, 0.3) is 0 Å². The van der Waals surface area contributed by atoms with Crippen molar-refractivity contribution < 1.29 is 4.74 Å². The number of unbranched alkanes of at least 4 members (excludes halogenated alkanes) is 5. The lowest BCUT2D eigenvalue weighted by Crippen LogP contribution is -1.87. The molecule has 0 N–H and O–H groups in total. The lowest BCUT2D eigenvalue weighted by molar-refractivity contribution is 0.266. The first-order chi connectivity index (χ1) is 5.91. The van der Waals surface area contributed by atoms with E-state index in [2.05, 4.69) is 19.0 Å². The molecule has 12 heavy (non-hydrogen) atoms. The van der Waals surface area contributed by atoms with Crippen LogP contribution in [-0.2, 0) is 4.74 Å². The molecule has 1 nitrogen and oxygen atoms in total. The summed E-state index contributed by atoms with van der Waals surface area (Å²) in [5.74, 6) is 2.71. The summed E-state index contributed by atoms with van der Waals surface area (Å²) in [7, 11) is 0. The Bertz CT molecular complexity index is 130. The summed E-state index contributed by atoms with van der Waals surface area (Å²) in [4.78, 5) is 0. The summed E-state index contributed by atoms with van der Waals surface area (Å²) in [5, 5.41) is 0. The zero-order valence-corrected chi connectivity index (χ0v) is 8.36. The molecule has 0 radical (unpaired) electrons. The predicted octanol–water partition coefficient (Wildman–Crippen LogP) is 3.34.